The SMILES string of the molecule is C[C@H](NC(=O)c1cc(S(=O)(=O)Nc2ccccc2F)c[nH]1)c1cccc(F)c1. The molecule has 0 spiro atoms. The number of sulfonamides is 1. The van der Waals surface area contributed by atoms with E-state index in [0.29, 0.717) is 5.56 Å². The van der Waals surface area contributed by atoms with E-state index in [0.717, 1.165) is 18.3 Å². The highest BCUT2D eigenvalue weighted by Gasteiger charge is 2.21. The quantitative estimate of drug-likeness (QED) is 0.585. The number of para-hydroxylation sites is 1. The number of H-pyrrole nitrogens is 1. The van der Waals surface area contributed by atoms with E-state index >= 15 is 0 Å². The first-order valence-electron chi connectivity index (χ1n) is 8.28. The molecule has 0 radical (unpaired) electrons. The van der Waals surface area contributed by atoms with Crippen LogP contribution in [0.4, 0.5) is 14.5 Å². The smallest absolute Gasteiger partial charge is 0.268 e. The Morgan fingerprint density at radius 3 is 2.54 bits per heavy atom. The Morgan fingerprint density at radius 2 is 1.82 bits per heavy atom. The Labute approximate surface area is 160 Å². The molecule has 28 heavy (non-hydrogen) atoms. The Kier molecular flexibility index (Phi) is 5.46. The number of hydrogen-bond acceptors (Lipinski definition) is 3. The van der Waals surface area contributed by atoms with Gasteiger partial charge in [-0.3, -0.25) is 9.52 Å². The fourth-order valence-corrected chi connectivity index (χ4v) is 3.60. The summed E-state index contributed by atoms with van der Waals surface area (Å²) in [5, 5.41) is 2.65. The highest BCUT2D eigenvalue weighted by Crippen LogP contribution is 2.20. The second kappa shape index (κ2) is 7.81. The average Bonchev–Trinajstić information content (AvgIpc) is 3.15. The van der Waals surface area contributed by atoms with Crippen LogP contribution in [0.5, 0.6) is 0 Å². The number of amides is 1. The lowest BCUT2D eigenvalue weighted by Gasteiger charge is -2.13. The number of carbonyl (C=O) groups is 1. The largest absolute Gasteiger partial charge is 0.356 e. The van der Waals surface area contributed by atoms with E-state index in [1.807, 2.05) is 0 Å². The van der Waals surface area contributed by atoms with Gasteiger partial charge in [0.05, 0.1) is 11.7 Å². The zero-order valence-electron chi connectivity index (χ0n) is 14.7. The molecule has 3 rings (SSSR count). The van der Waals surface area contributed by atoms with Gasteiger partial charge in [0, 0.05) is 6.20 Å². The van der Waals surface area contributed by atoms with Gasteiger partial charge in [-0.25, -0.2) is 17.2 Å². The van der Waals surface area contributed by atoms with Gasteiger partial charge in [-0.1, -0.05) is 24.3 Å². The maximum Gasteiger partial charge on any atom is 0.268 e. The van der Waals surface area contributed by atoms with Gasteiger partial charge in [0.25, 0.3) is 15.9 Å². The van der Waals surface area contributed by atoms with Gasteiger partial charge in [-0.05, 0) is 42.8 Å². The Balaban J connectivity index is 1.74. The van der Waals surface area contributed by atoms with Crippen molar-refractivity contribution in [2.45, 2.75) is 17.9 Å². The number of halogens is 2. The van der Waals surface area contributed by atoms with E-state index in [9.17, 15) is 22.0 Å². The van der Waals surface area contributed by atoms with Crippen LogP contribution >= 0.6 is 0 Å². The molecule has 6 nitrogen and oxygen atoms in total. The molecular formula is C19H17F2N3O3S. The fraction of sp³-hybridized carbons (Fsp3) is 0.105. The molecule has 0 aliphatic carbocycles. The van der Waals surface area contributed by atoms with Crippen molar-refractivity contribution in [2.75, 3.05) is 4.72 Å². The highest BCUT2D eigenvalue weighted by atomic mass is 32.2. The Bertz CT molecular complexity index is 1110. The summed E-state index contributed by atoms with van der Waals surface area (Å²) in [7, 11) is -4.09. The molecule has 0 aliphatic heterocycles. The molecule has 1 aromatic heterocycles. The number of hydrogen-bond donors (Lipinski definition) is 3. The van der Waals surface area contributed by atoms with E-state index in [-0.39, 0.29) is 16.3 Å². The number of benzene rings is 2. The molecule has 0 bridgehead atoms. The van der Waals surface area contributed by atoms with Crippen molar-refractivity contribution in [2.24, 2.45) is 0 Å². The van der Waals surface area contributed by atoms with Crippen molar-refractivity contribution in [3.8, 4) is 0 Å². The van der Waals surface area contributed by atoms with Crippen LogP contribution in [0.1, 0.15) is 29.0 Å². The van der Waals surface area contributed by atoms with Gasteiger partial charge in [-0.15, -0.1) is 0 Å². The molecule has 1 amide bonds. The van der Waals surface area contributed by atoms with Crippen molar-refractivity contribution >= 4 is 21.6 Å². The molecule has 0 fully saturated rings. The third-order valence-electron chi connectivity index (χ3n) is 4.03. The summed E-state index contributed by atoms with van der Waals surface area (Å²) < 4.78 is 53.9. The zero-order chi connectivity index (χ0) is 20.3. The minimum Gasteiger partial charge on any atom is -0.356 e. The minimum atomic E-state index is -4.09. The first-order valence-corrected chi connectivity index (χ1v) is 9.76. The third kappa shape index (κ3) is 4.37. The van der Waals surface area contributed by atoms with Gasteiger partial charge in [0.1, 0.15) is 22.2 Å². The Hall–Kier alpha value is -3.20. The van der Waals surface area contributed by atoms with Crippen LogP contribution in [0, 0.1) is 11.6 Å². The molecule has 0 saturated carbocycles. The lowest BCUT2D eigenvalue weighted by atomic mass is 10.1. The maximum atomic E-state index is 13.7. The van der Waals surface area contributed by atoms with Crippen molar-refractivity contribution < 1.29 is 22.0 Å². The monoisotopic (exact) mass is 405 g/mol. The number of anilines is 1. The van der Waals surface area contributed by atoms with E-state index in [2.05, 4.69) is 15.0 Å². The van der Waals surface area contributed by atoms with Crippen molar-refractivity contribution in [1.82, 2.24) is 10.3 Å². The normalized spacial score (nSPS) is 12.4. The van der Waals surface area contributed by atoms with E-state index in [1.54, 1.807) is 13.0 Å². The molecule has 1 heterocycles. The molecule has 0 unspecified atom stereocenters. The van der Waals surface area contributed by atoms with Crippen molar-refractivity contribution in [1.29, 1.82) is 0 Å². The van der Waals surface area contributed by atoms with Crippen LogP contribution in [-0.2, 0) is 10.0 Å². The van der Waals surface area contributed by atoms with Crippen LogP contribution in [0.25, 0.3) is 0 Å². The summed E-state index contributed by atoms with van der Waals surface area (Å²) in [5.41, 5.74) is 0.362. The van der Waals surface area contributed by atoms with Crippen LogP contribution in [0.2, 0.25) is 0 Å². The molecule has 2 aromatic carbocycles. The standard InChI is InChI=1S/C19H17F2N3O3S/c1-12(13-5-4-6-14(20)9-13)23-19(25)18-10-15(11-22-18)28(26,27)24-17-8-3-2-7-16(17)21/h2-12,22,24H,1H3,(H,23,25)/t12-/m0/s1. The topological polar surface area (TPSA) is 91.1 Å². The Morgan fingerprint density at radius 1 is 1.07 bits per heavy atom. The molecule has 9 heteroatoms. The van der Waals surface area contributed by atoms with E-state index < -0.39 is 33.6 Å². The lowest BCUT2D eigenvalue weighted by molar-refractivity contribution is 0.0935. The van der Waals surface area contributed by atoms with Gasteiger partial charge < -0.3 is 10.3 Å². The summed E-state index contributed by atoms with van der Waals surface area (Å²) in [6.07, 6.45) is 1.13. The third-order valence-corrected chi connectivity index (χ3v) is 5.37. The average molecular weight is 405 g/mol. The van der Waals surface area contributed by atoms with Crippen LogP contribution in [0.3, 0.4) is 0 Å². The summed E-state index contributed by atoms with van der Waals surface area (Å²) in [4.78, 5) is 14.7. The van der Waals surface area contributed by atoms with Gasteiger partial charge in [-0.2, -0.15) is 0 Å². The molecular weight excluding hydrogens is 388 g/mol. The minimum absolute atomic E-state index is 0.00263. The van der Waals surface area contributed by atoms with Crippen molar-refractivity contribution in [3.63, 3.8) is 0 Å². The lowest BCUT2D eigenvalue weighted by Crippen LogP contribution is -2.27. The van der Waals surface area contributed by atoms with E-state index in [1.165, 1.54) is 36.4 Å². The summed E-state index contributed by atoms with van der Waals surface area (Å²) in [5.74, 6) is -1.71. The molecule has 0 aliphatic rings. The van der Waals surface area contributed by atoms with Gasteiger partial charge in [0.15, 0.2) is 0 Å². The number of aromatic amines is 1. The summed E-state index contributed by atoms with van der Waals surface area (Å²) in [6.45, 7) is 1.67. The van der Waals surface area contributed by atoms with E-state index in [4.69, 9.17) is 0 Å². The second-order valence-electron chi connectivity index (χ2n) is 6.08. The predicted octanol–water partition coefficient (Wildman–Crippen LogP) is 3.58. The molecule has 3 N–H and O–H groups in total. The molecule has 0 saturated heterocycles. The molecule has 146 valence electrons. The molecule has 1 atom stereocenters. The van der Waals surface area contributed by atoms with Gasteiger partial charge >= 0.3 is 0 Å². The summed E-state index contributed by atoms with van der Waals surface area (Å²) >= 11 is 0. The maximum absolute atomic E-state index is 13.7. The number of nitrogens with one attached hydrogen (secondary N) is 3. The van der Waals surface area contributed by atoms with Gasteiger partial charge in [0.2, 0.25) is 0 Å². The summed E-state index contributed by atoms with van der Waals surface area (Å²) in [6, 6.07) is 11.8. The first-order chi connectivity index (χ1) is 13.3. The second-order valence-corrected chi connectivity index (χ2v) is 7.77. The number of rotatable bonds is 6. The number of carbonyl (C=O) groups excluding carboxylic acids is 1. The predicted molar refractivity (Wildman–Crippen MR) is 100 cm³/mol. The molecule has 3 aromatic rings. The van der Waals surface area contributed by atoms with Crippen molar-refractivity contribution in [3.05, 3.63) is 83.7 Å². The highest BCUT2D eigenvalue weighted by molar-refractivity contribution is 7.92. The van der Waals surface area contributed by atoms with Crippen LogP contribution in [0.15, 0.2) is 65.7 Å². The van der Waals surface area contributed by atoms with Crippen LogP contribution < -0.4 is 10.0 Å². The zero-order valence-corrected chi connectivity index (χ0v) is 15.6. The number of aromatic nitrogens is 1. The van der Waals surface area contributed by atoms with Crippen LogP contribution in [-0.4, -0.2) is 19.3 Å². The first kappa shape index (κ1) is 19.6. The fourth-order valence-electron chi connectivity index (χ4n) is 2.54.